The summed E-state index contributed by atoms with van der Waals surface area (Å²) in [5.74, 6) is -0.183. The van der Waals surface area contributed by atoms with Crippen LogP contribution in [0, 0.1) is 0 Å². The van der Waals surface area contributed by atoms with E-state index in [9.17, 15) is 9.59 Å². The minimum atomic E-state index is -0.590. The molecule has 1 unspecified atom stereocenters. The molecule has 0 aromatic heterocycles. The number of hydrogen-bond acceptors (Lipinski definition) is 3. The fourth-order valence-electron chi connectivity index (χ4n) is 0.777. The standard InChI is InChI=1S/C8H14ClNO3/c1-6(8(12)13-2)10-7(11)4-3-5-9/h6H,3-5H2,1-2H3,(H,10,11). The van der Waals surface area contributed by atoms with Gasteiger partial charge in [-0.15, -0.1) is 11.6 Å². The Morgan fingerprint density at radius 2 is 2.15 bits per heavy atom. The van der Waals surface area contributed by atoms with Crippen molar-refractivity contribution in [3.05, 3.63) is 0 Å². The summed E-state index contributed by atoms with van der Waals surface area (Å²) < 4.78 is 4.44. The maximum absolute atomic E-state index is 11.1. The van der Waals surface area contributed by atoms with E-state index in [0.717, 1.165) is 0 Å². The average molecular weight is 208 g/mol. The number of esters is 1. The van der Waals surface area contributed by atoms with Crippen LogP contribution in [-0.2, 0) is 14.3 Å². The number of rotatable bonds is 5. The lowest BCUT2D eigenvalue weighted by atomic mass is 10.3. The first kappa shape index (κ1) is 12.2. The van der Waals surface area contributed by atoms with Crippen molar-refractivity contribution >= 4 is 23.5 Å². The number of amides is 1. The Balaban J connectivity index is 3.71. The Hall–Kier alpha value is -0.770. The fourth-order valence-corrected chi connectivity index (χ4v) is 0.910. The summed E-state index contributed by atoms with van der Waals surface area (Å²) in [6.07, 6.45) is 0.951. The monoisotopic (exact) mass is 207 g/mol. The Morgan fingerprint density at radius 3 is 2.62 bits per heavy atom. The third-order valence-electron chi connectivity index (χ3n) is 1.47. The van der Waals surface area contributed by atoms with Crippen molar-refractivity contribution < 1.29 is 14.3 Å². The molecule has 0 rings (SSSR count). The molecule has 0 aliphatic carbocycles. The highest BCUT2D eigenvalue weighted by molar-refractivity contribution is 6.17. The molecule has 5 heteroatoms. The molecule has 1 amide bonds. The van der Waals surface area contributed by atoms with E-state index in [1.54, 1.807) is 6.92 Å². The van der Waals surface area contributed by atoms with Gasteiger partial charge in [0, 0.05) is 12.3 Å². The normalized spacial score (nSPS) is 11.9. The Labute approximate surface area is 82.6 Å². The highest BCUT2D eigenvalue weighted by Gasteiger charge is 2.14. The molecule has 1 N–H and O–H groups in total. The van der Waals surface area contributed by atoms with Crippen LogP contribution < -0.4 is 5.32 Å². The number of nitrogens with one attached hydrogen (secondary N) is 1. The van der Waals surface area contributed by atoms with Crippen molar-refractivity contribution in [2.75, 3.05) is 13.0 Å². The summed E-state index contributed by atoms with van der Waals surface area (Å²) in [5.41, 5.74) is 0. The minimum absolute atomic E-state index is 0.182. The smallest absolute Gasteiger partial charge is 0.328 e. The summed E-state index contributed by atoms with van der Waals surface area (Å²) >= 11 is 5.40. The lowest BCUT2D eigenvalue weighted by Gasteiger charge is -2.10. The fraction of sp³-hybridized carbons (Fsp3) is 0.750. The van der Waals surface area contributed by atoms with E-state index in [2.05, 4.69) is 10.1 Å². The van der Waals surface area contributed by atoms with Crippen LogP contribution in [0.1, 0.15) is 19.8 Å². The van der Waals surface area contributed by atoms with Gasteiger partial charge in [-0.3, -0.25) is 4.79 Å². The van der Waals surface area contributed by atoms with Crippen molar-refractivity contribution in [2.45, 2.75) is 25.8 Å². The lowest BCUT2D eigenvalue weighted by Crippen LogP contribution is -2.39. The number of alkyl halides is 1. The number of halogens is 1. The van der Waals surface area contributed by atoms with Gasteiger partial charge in [-0.05, 0) is 13.3 Å². The zero-order chi connectivity index (χ0) is 10.3. The Morgan fingerprint density at radius 1 is 1.54 bits per heavy atom. The van der Waals surface area contributed by atoms with Gasteiger partial charge in [0.15, 0.2) is 0 Å². The molecule has 0 radical (unpaired) electrons. The second-order valence-electron chi connectivity index (χ2n) is 2.60. The van der Waals surface area contributed by atoms with Crippen LogP contribution >= 0.6 is 11.6 Å². The van der Waals surface area contributed by atoms with Crippen LogP contribution in [0.3, 0.4) is 0 Å². The van der Waals surface area contributed by atoms with Gasteiger partial charge in [0.1, 0.15) is 6.04 Å². The van der Waals surface area contributed by atoms with Crippen molar-refractivity contribution in [1.29, 1.82) is 0 Å². The van der Waals surface area contributed by atoms with Crippen LogP contribution in [-0.4, -0.2) is 30.9 Å². The number of ether oxygens (including phenoxy) is 1. The Kier molecular flexibility index (Phi) is 6.32. The number of carbonyl (C=O) groups is 2. The van der Waals surface area contributed by atoms with Crippen LogP contribution in [0.2, 0.25) is 0 Å². The summed E-state index contributed by atoms with van der Waals surface area (Å²) in [5, 5.41) is 2.49. The van der Waals surface area contributed by atoms with Crippen LogP contribution in [0.15, 0.2) is 0 Å². The van der Waals surface area contributed by atoms with Crippen molar-refractivity contribution in [3.63, 3.8) is 0 Å². The molecular weight excluding hydrogens is 194 g/mol. The van der Waals surface area contributed by atoms with Gasteiger partial charge in [-0.1, -0.05) is 0 Å². The van der Waals surface area contributed by atoms with Gasteiger partial charge >= 0.3 is 5.97 Å². The van der Waals surface area contributed by atoms with E-state index in [1.807, 2.05) is 0 Å². The molecule has 0 saturated carbocycles. The third-order valence-corrected chi connectivity index (χ3v) is 1.74. The van der Waals surface area contributed by atoms with E-state index in [0.29, 0.717) is 18.7 Å². The molecule has 0 bridgehead atoms. The largest absolute Gasteiger partial charge is 0.467 e. The van der Waals surface area contributed by atoms with Crippen LogP contribution in [0.25, 0.3) is 0 Å². The van der Waals surface area contributed by atoms with E-state index >= 15 is 0 Å². The number of hydrogen-bond donors (Lipinski definition) is 1. The van der Waals surface area contributed by atoms with E-state index in [-0.39, 0.29) is 5.91 Å². The summed E-state index contributed by atoms with van der Waals surface area (Å²) in [4.78, 5) is 21.9. The van der Waals surface area contributed by atoms with Gasteiger partial charge in [0.05, 0.1) is 7.11 Å². The summed E-state index contributed by atoms with van der Waals surface area (Å²) in [6.45, 7) is 1.57. The zero-order valence-corrected chi connectivity index (χ0v) is 8.56. The molecule has 13 heavy (non-hydrogen) atoms. The third kappa shape index (κ3) is 5.47. The first-order chi connectivity index (χ1) is 6.11. The SMILES string of the molecule is COC(=O)C(C)NC(=O)CCCCl. The van der Waals surface area contributed by atoms with Gasteiger partial charge in [-0.25, -0.2) is 4.79 Å². The van der Waals surface area contributed by atoms with Crippen molar-refractivity contribution in [3.8, 4) is 0 Å². The van der Waals surface area contributed by atoms with Gasteiger partial charge in [-0.2, -0.15) is 0 Å². The summed E-state index contributed by atoms with van der Waals surface area (Å²) in [6, 6.07) is -0.590. The lowest BCUT2D eigenvalue weighted by molar-refractivity contribution is -0.144. The van der Waals surface area contributed by atoms with Crippen LogP contribution in [0.5, 0.6) is 0 Å². The summed E-state index contributed by atoms with van der Waals surface area (Å²) in [7, 11) is 1.28. The molecule has 76 valence electrons. The van der Waals surface area contributed by atoms with E-state index in [1.165, 1.54) is 7.11 Å². The minimum Gasteiger partial charge on any atom is -0.467 e. The predicted molar refractivity (Wildman–Crippen MR) is 49.6 cm³/mol. The topological polar surface area (TPSA) is 55.4 Å². The van der Waals surface area contributed by atoms with Gasteiger partial charge in [0.2, 0.25) is 5.91 Å². The molecule has 0 spiro atoms. The highest BCUT2D eigenvalue weighted by atomic mass is 35.5. The molecule has 1 atom stereocenters. The molecule has 0 saturated heterocycles. The first-order valence-electron chi connectivity index (χ1n) is 4.05. The van der Waals surface area contributed by atoms with Gasteiger partial charge < -0.3 is 10.1 Å². The molecule has 0 fully saturated rings. The second kappa shape index (κ2) is 6.71. The highest BCUT2D eigenvalue weighted by Crippen LogP contribution is 1.93. The van der Waals surface area contributed by atoms with Gasteiger partial charge in [0.25, 0.3) is 0 Å². The quantitative estimate of drug-likeness (QED) is 0.533. The Bertz CT molecular complexity index is 184. The maximum Gasteiger partial charge on any atom is 0.328 e. The van der Waals surface area contributed by atoms with Crippen molar-refractivity contribution in [1.82, 2.24) is 5.32 Å². The molecule has 4 nitrogen and oxygen atoms in total. The zero-order valence-electron chi connectivity index (χ0n) is 7.80. The second-order valence-corrected chi connectivity index (χ2v) is 2.98. The van der Waals surface area contributed by atoms with Crippen molar-refractivity contribution in [2.24, 2.45) is 0 Å². The molecular formula is C8H14ClNO3. The molecule has 0 aromatic rings. The molecule has 0 aliphatic rings. The molecule has 0 heterocycles. The van der Waals surface area contributed by atoms with E-state index < -0.39 is 12.0 Å². The first-order valence-corrected chi connectivity index (χ1v) is 4.58. The van der Waals surface area contributed by atoms with Crippen LogP contribution in [0.4, 0.5) is 0 Å². The molecule has 0 aromatic carbocycles. The maximum atomic E-state index is 11.1. The predicted octanol–water partition coefficient (Wildman–Crippen LogP) is 0.683. The number of carbonyl (C=O) groups excluding carboxylic acids is 2. The van der Waals surface area contributed by atoms with E-state index in [4.69, 9.17) is 11.6 Å². The number of methoxy groups -OCH3 is 1. The molecule has 0 aliphatic heterocycles. The average Bonchev–Trinajstić information content (AvgIpc) is 2.13.